The van der Waals surface area contributed by atoms with Gasteiger partial charge in [-0.25, -0.2) is 14.8 Å². The first-order valence-electron chi connectivity index (χ1n) is 9.73. The first-order chi connectivity index (χ1) is 14.7. The Morgan fingerprint density at radius 3 is 2.81 bits per heavy atom. The lowest BCUT2D eigenvalue weighted by Gasteiger charge is -2.31. The Balaban J connectivity index is 0.000000339. The number of halogens is 3. The summed E-state index contributed by atoms with van der Waals surface area (Å²) in [5.74, 6) is -1.68. The lowest BCUT2D eigenvalue weighted by molar-refractivity contribution is -0.192. The molecule has 1 N–H and O–H groups in total. The molecule has 0 amide bonds. The van der Waals surface area contributed by atoms with Gasteiger partial charge in [-0.15, -0.1) is 0 Å². The predicted molar refractivity (Wildman–Crippen MR) is 99.9 cm³/mol. The Kier molecular flexibility index (Phi) is 7.28. The summed E-state index contributed by atoms with van der Waals surface area (Å²) in [6.45, 7) is 4.77. The van der Waals surface area contributed by atoms with Crippen molar-refractivity contribution in [3.05, 3.63) is 30.9 Å². The van der Waals surface area contributed by atoms with Gasteiger partial charge in [-0.05, 0) is 12.8 Å². The van der Waals surface area contributed by atoms with Crippen LogP contribution in [0.25, 0.3) is 0 Å². The molecule has 0 aliphatic carbocycles. The third kappa shape index (κ3) is 6.48. The molecule has 4 heterocycles. The van der Waals surface area contributed by atoms with Gasteiger partial charge in [0.1, 0.15) is 24.1 Å². The molecule has 2 unspecified atom stereocenters. The van der Waals surface area contributed by atoms with Crippen molar-refractivity contribution in [1.29, 1.82) is 0 Å². The maximum absolute atomic E-state index is 10.6. The van der Waals surface area contributed by atoms with Gasteiger partial charge in [-0.1, -0.05) is 0 Å². The molecule has 10 nitrogen and oxygen atoms in total. The van der Waals surface area contributed by atoms with Gasteiger partial charge in [0, 0.05) is 32.5 Å². The number of carboxylic acids is 1. The normalized spacial score (nSPS) is 24.6. The van der Waals surface area contributed by atoms with E-state index in [1.54, 1.807) is 12.7 Å². The number of nitrogens with zero attached hydrogens (tertiary/aromatic N) is 6. The van der Waals surface area contributed by atoms with Gasteiger partial charge in [-0.2, -0.15) is 18.3 Å². The largest absolute Gasteiger partial charge is 0.490 e. The van der Waals surface area contributed by atoms with Gasteiger partial charge >= 0.3 is 12.1 Å². The van der Waals surface area contributed by atoms with Crippen molar-refractivity contribution >= 4 is 5.97 Å². The first kappa shape index (κ1) is 23.2. The molecule has 2 aromatic heterocycles. The number of ether oxygens (including phenoxy) is 2. The van der Waals surface area contributed by atoms with Gasteiger partial charge in [0.05, 0.1) is 32.4 Å². The van der Waals surface area contributed by atoms with Crippen molar-refractivity contribution < 1.29 is 32.5 Å². The van der Waals surface area contributed by atoms with Crippen LogP contribution in [-0.2, 0) is 34.4 Å². The quantitative estimate of drug-likeness (QED) is 0.744. The molecular weight excluding hydrogens is 421 g/mol. The molecule has 2 aliphatic heterocycles. The molecule has 172 valence electrons. The van der Waals surface area contributed by atoms with Gasteiger partial charge < -0.3 is 19.1 Å². The molecule has 1 spiro atoms. The zero-order valence-corrected chi connectivity index (χ0v) is 17.0. The Hall–Kier alpha value is -2.51. The zero-order valence-electron chi connectivity index (χ0n) is 17.0. The second-order valence-corrected chi connectivity index (χ2v) is 7.60. The summed E-state index contributed by atoms with van der Waals surface area (Å²) < 4.78 is 48.0. The van der Waals surface area contributed by atoms with Crippen molar-refractivity contribution in [2.24, 2.45) is 7.05 Å². The summed E-state index contributed by atoms with van der Waals surface area (Å²) in [6, 6.07) is 0. The Labute approximate surface area is 176 Å². The minimum absolute atomic E-state index is 0.170. The lowest BCUT2D eigenvalue weighted by atomic mass is 10.00. The summed E-state index contributed by atoms with van der Waals surface area (Å²) in [6.07, 6.45) is 4.27. The zero-order chi connectivity index (χ0) is 22.5. The summed E-state index contributed by atoms with van der Waals surface area (Å²) in [4.78, 5) is 19.7. The second-order valence-electron chi connectivity index (χ2n) is 7.60. The fraction of sp³-hybridized carbons (Fsp3) is 0.667. The van der Waals surface area contributed by atoms with E-state index in [1.807, 2.05) is 24.1 Å². The maximum atomic E-state index is 10.6. The minimum Gasteiger partial charge on any atom is -0.475 e. The van der Waals surface area contributed by atoms with Crippen LogP contribution in [0.4, 0.5) is 13.2 Å². The third-order valence-electron chi connectivity index (χ3n) is 5.15. The fourth-order valence-corrected chi connectivity index (χ4v) is 3.65. The van der Waals surface area contributed by atoms with Gasteiger partial charge in [-0.3, -0.25) is 9.58 Å². The number of hydrogen-bond donors (Lipinski definition) is 1. The SMILES string of the molecule is Cn1ccnc1CN1CCOCC2(CCC(Cn3cncn3)O2)C1.O=C(O)C(F)(F)F. The van der Waals surface area contributed by atoms with Gasteiger partial charge in [0.25, 0.3) is 0 Å². The smallest absolute Gasteiger partial charge is 0.475 e. The number of aryl methyl sites for hydroxylation is 1. The number of carbonyl (C=O) groups is 1. The molecule has 0 bridgehead atoms. The molecule has 2 aromatic rings. The average molecular weight is 446 g/mol. The summed E-state index contributed by atoms with van der Waals surface area (Å²) in [5.41, 5.74) is -0.215. The first-order valence-corrected chi connectivity index (χ1v) is 9.73. The highest BCUT2D eigenvalue weighted by Crippen LogP contribution is 2.34. The molecule has 0 saturated carbocycles. The van der Waals surface area contributed by atoms with E-state index in [0.717, 1.165) is 51.5 Å². The molecule has 2 saturated heterocycles. The van der Waals surface area contributed by atoms with Crippen molar-refractivity contribution in [2.45, 2.75) is 43.8 Å². The van der Waals surface area contributed by atoms with Crippen LogP contribution >= 0.6 is 0 Å². The molecule has 31 heavy (non-hydrogen) atoms. The standard InChI is InChI=1S/C16H24N6O2.C2HF3O2/c1-20-5-4-18-15(20)9-21-6-7-23-11-16(10-21)3-2-14(24-16)8-22-13-17-12-19-22;3-2(4,5)1(6)7/h4-5,12-14H,2-3,6-11H2,1H3;(H,6,7). The van der Waals surface area contributed by atoms with Crippen molar-refractivity contribution in [3.63, 3.8) is 0 Å². The highest BCUT2D eigenvalue weighted by Gasteiger charge is 2.43. The summed E-state index contributed by atoms with van der Waals surface area (Å²) in [5, 5.41) is 11.3. The summed E-state index contributed by atoms with van der Waals surface area (Å²) >= 11 is 0. The Morgan fingerprint density at radius 2 is 2.19 bits per heavy atom. The lowest BCUT2D eigenvalue weighted by Crippen LogP contribution is -2.44. The number of rotatable bonds is 4. The fourth-order valence-electron chi connectivity index (χ4n) is 3.65. The number of imidazole rings is 1. The molecule has 2 aliphatic rings. The van der Waals surface area contributed by atoms with E-state index in [4.69, 9.17) is 19.4 Å². The van der Waals surface area contributed by atoms with Gasteiger partial charge in [0.2, 0.25) is 0 Å². The highest BCUT2D eigenvalue weighted by atomic mass is 19.4. The van der Waals surface area contributed by atoms with Crippen LogP contribution in [0.2, 0.25) is 0 Å². The molecular formula is C18H25F3N6O4. The van der Waals surface area contributed by atoms with Crippen LogP contribution < -0.4 is 0 Å². The molecule has 13 heteroatoms. The molecule has 0 aromatic carbocycles. The van der Waals surface area contributed by atoms with E-state index < -0.39 is 12.1 Å². The highest BCUT2D eigenvalue weighted by molar-refractivity contribution is 5.73. The van der Waals surface area contributed by atoms with Crippen LogP contribution in [0.1, 0.15) is 18.7 Å². The van der Waals surface area contributed by atoms with Crippen LogP contribution in [-0.4, -0.2) is 84.5 Å². The monoisotopic (exact) mass is 446 g/mol. The topological polar surface area (TPSA) is 108 Å². The van der Waals surface area contributed by atoms with Crippen molar-refractivity contribution in [3.8, 4) is 0 Å². The van der Waals surface area contributed by atoms with E-state index in [-0.39, 0.29) is 11.7 Å². The van der Waals surface area contributed by atoms with E-state index >= 15 is 0 Å². The average Bonchev–Trinajstić information content (AvgIpc) is 3.40. The molecule has 4 rings (SSSR count). The van der Waals surface area contributed by atoms with E-state index in [1.165, 1.54) is 0 Å². The molecule has 2 atom stereocenters. The summed E-state index contributed by atoms with van der Waals surface area (Å²) in [7, 11) is 2.03. The second kappa shape index (κ2) is 9.75. The van der Waals surface area contributed by atoms with Crippen molar-refractivity contribution in [1.82, 2.24) is 29.2 Å². The Bertz CT molecular complexity index is 844. The van der Waals surface area contributed by atoms with Crippen LogP contribution in [0.3, 0.4) is 0 Å². The number of alkyl halides is 3. The molecule has 2 fully saturated rings. The van der Waals surface area contributed by atoms with E-state index in [0.29, 0.717) is 6.61 Å². The predicted octanol–water partition coefficient (Wildman–Crippen LogP) is 1.10. The third-order valence-corrected chi connectivity index (χ3v) is 5.15. The Morgan fingerprint density at radius 1 is 1.42 bits per heavy atom. The van der Waals surface area contributed by atoms with Crippen LogP contribution in [0.5, 0.6) is 0 Å². The van der Waals surface area contributed by atoms with Crippen molar-refractivity contribution in [2.75, 3.05) is 26.3 Å². The van der Waals surface area contributed by atoms with Gasteiger partial charge in [0.15, 0.2) is 0 Å². The maximum Gasteiger partial charge on any atom is 0.490 e. The minimum atomic E-state index is -5.08. The number of aliphatic carboxylic acids is 1. The number of aromatic nitrogens is 5. The molecule has 0 radical (unpaired) electrons. The van der Waals surface area contributed by atoms with Crippen LogP contribution in [0, 0.1) is 0 Å². The number of carboxylic acid groups (broad SMARTS) is 1. The number of hydrogen-bond acceptors (Lipinski definition) is 7. The van der Waals surface area contributed by atoms with Crippen LogP contribution in [0.15, 0.2) is 25.0 Å². The van der Waals surface area contributed by atoms with E-state index in [2.05, 4.69) is 24.5 Å². The van der Waals surface area contributed by atoms with E-state index in [9.17, 15) is 13.2 Å².